The number of para-hydroxylation sites is 1. The predicted molar refractivity (Wildman–Crippen MR) is 83.7 cm³/mol. The zero-order chi connectivity index (χ0) is 14.4. The number of nitrogens with zero attached hydrogens (tertiary/aromatic N) is 2. The molecule has 0 N–H and O–H groups in total. The van der Waals surface area contributed by atoms with Crippen molar-refractivity contribution < 1.29 is 4.74 Å². The van der Waals surface area contributed by atoms with E-state index >= 15 is 0 Å². The van der Waals surface area contributed by atoms with E-state index in [0.717, 1.165) is 28.5 Å². The molecule has 2 aliphatic rings. The third kappa shape index (κ3) is 2.09. The van der Waals surface area contributed by atoms with E-state index in [4.69, 9.17) is 21.4 Å². The Hall–Kier alpha value is -2.00. The molecule has 2 aromatic rings. The van der Waals surface area contributed by atoms with Crippen LogP contribution >= 0.6 is 11.6 Å². The number of rotatable bonds is 1. The Morgan fingerprint density at radius 3 is 2.71 bits per heavy atom. The number of hydrogen-bond acceptors (Lipinski definition) is 3. The van der Waals surface area contributed by atoms with Crippen molar-refractivity contribution in [1.29, 1.82) is 0 Å². The summed E-state index contributed by atoms with van der Waals surface area (Å²) in [4.78, 5) is 0. The van der Waals surface area contributed by atoms with Crippen molar-refractivity contribution in [3.8, 4) is 5.75 Å². The van der Waals surface area contributed by atoms with Gasteiger partial charge in [0.15, 0.2) is 6.23 Å². The Balaban J connectivity index is 1.71. The van der Waals surface area contributed by atoms with Gasteiger partial charge < -0.3 is 4.74 Å². The second kappa shape index (κ2) is 4.78. The lowest BCUT2D eigenvalue weighted by Crippen LogP contribution is -2.37. The topological polar surface area (TPSA) is 24.8 Å². The Labute approximate surface area is 128 Å². The highest BCUT2D eigenvalue weighted by molar-refractivity contribution is 6.30. The maximum Gasteiger partial charge on any atom is 0.185 e. The Bertz CT molecular complexity index is 711. The van der Waals surface area contributed by atoms with Gasteiger partial charge in [-0.1, -0.05) is 41.9 Å². The maximum absolute atomic E-state index is 5.96. The fourth-order valence-corrected chi connectivity index (χ4v) is 3.16. The molecule has 0 fully saturated rings. The van der Waals surface area contributed by atoms with Crippen LogP contribution in [0.2, 0.25) is 5.02 Å². The molecule has 2 heterocycles. The van der Waals surface area contributed by atoms with Crippen molar-refractivity contribution in [3.63, 3.8) is 0 Å². The van der Waals surface area contributed by atoms with Gasteiger partial charge in [-0.25, -0.2) is 0 Å². The zero-order valence-corrected chi connectivity index (χ0v) is 12.4. The van der Waals surface area contributed by atoms with Crippen LogP contribution in [0, 0.1) is 0 Å². The smallest absolute Gasteiger partial charge is 0.185 e. The van der Waals surface area contributed by atoms with Crippen LogP contribution in [-0.4, -0.2) is 16.9 Å². The lowest BCUT2D eigenvalue weighted by molar-refractivity contribution is -0.00334. The fraction of sp³-hybridized carbons (Fsp3) is 0.235. The van der Waals surface area contributed by atoms with Gasteiger partial charge in [0, 0.05) is 17.0 Å². The summed E-state index contributed by atoms with van der Waals surface area (Å²) >= 11 is 5.96. The van der Waals surface area contributed by atoms with E-state index in [0.29, 0.717) is 0 Å². The first kappa shape index (κ1) is 12.7. The molecule has 3 nitrogen and oxygen atoms in total. The third-order valence-corrected chi connectivity index (χ3v) is 4.32. The predicted octanol–water partition coefficient (Wildman–Crippen LogP) is 4.23. The van der Waals surface area contributed by atoms with E-state index in [1.165, 1.54) is 5.56 Å². The average molecular weight is 299 g/mol. The van der Waals surface area contributed by atoms with E-state index in [1.54, 1.807) is 0 Å². The average Bonchev–Trinajstić information content (AvgIpc) is 2.94. The number of hydrogen-bond donors (Lipinski definition) is 0. The SMILES string of the molecule is CC1Oc2ccccc2C2CC(c3ccc(Cl)cc3)=NN12. The number of fused-ring (bicyclic) bond motifs is 3. The molecule has 0 saturated heterocycles. The van der Waals surface area contributed by atoms with E-state index in [-0.39, 0.29) is 12.3 Å². The first-order chi connectivity index (χ1) is 10.2. The van der Waals surface area contributed by atoms with E-state index < -0.39 is 0 Å². The molecular weight excluding hydrogens is 284 g/mol. The zero-order valence-electron chi connectivity index (χ0n) is 11.7. The van der Waals surface area contributed by atoms with Gasteiger partial charge >= 0.3 is 0 Å². The summed E-state index contributed by atoms with van der Waals surface area (Å²) in [5, 5.41) is 7.58. The molecule has 2 unspecified atom stereocenters. The number of hydrazone groups is 1. The monoisotopic (exact) mass is 298 g/mol. The minimum absolute atomic E-state index is 0.0466. The molecule has 21 heavy (non-hydrogen) atoms. The van der Waals surface area contributed by atoms with Crippen LogP contribution in [0.25, 0.3) is 0 Å². The van der Waals surface area contributed by atoms with E-state index in [1.807, 2.05) is 43.3 Å². The van der Waals surface area contributed by atoms with Crippen molar-refractivity contribution in [2.24, 2.45) is 5.10 Å². The third-order valence-electron chi connectivity index (χ3n) is 4.07. The molecule has 2 atom stereocenters. The van der Waals surface area contributed by atoms with Crippen molar-refractivity contribution in [2.45, 2.75) is 25.6 Å². The molecule has 106 valence electrons. The van der Waals surface area contributed by atoms with Gasteiger partial charge in [0.1, 0.15) is 5.75 Å². The molecule has 2 aliphatic heterocycles. The molecule has 4 heteroatoms. The van der Waals surface area contributed by atoms with Crippen LogP contribution in [0.4, 0.5) is 0 Å². The summed E-state index contributed by atoms with van der Waals surface area (Å²) in [6, 6.07) is 16.3. The maximum atomic E-state index is 5.96. The van der Waals surface area contributed by atoms with Crippen molar-refractivity contribution in [3.05, 3.63) is 64.7 Å². The summed E-state index contributed by atoms with van der Waals surface area (Å²) < 4.78 is 5.95. The molecule has 2 aromatic carbocycles. The van der Waals surface area contributed by atoms with E-state index in [2.05, 4.69) is 17.1 Å². The summed E-state index contributed by atoms with van der Waals surface area (Å²) in [6.07, 6.45) is 0.849. The van der Waals surface area contributed by atoms with Gasteiger partial charge in [-0.15, -0.1) is 0 Å². The number of halogens is 1. The Morgan fingerprint density at radius 2 is 1.90 bits per heavy atom. The lowest BCUT2D eigenvalue weighted by Gasteiger charge is -2.36. The van der Waals surface area contributed by atoms with Gasteiger partial charge in [0.05, 0.1) is 11.8 Å². The first-order valence-electron chi connectivity index (χ1n) is 7.10. The van der Waals surface area contributed by atoms with Crippen molar-refractivity contribution >= 4 is 17.3 Å². The molecule has 0 aromatic heterocycles. The van der Waals surface area contributed by atoms with E-state index in [9.17, 15) is 0 Å². The van der Waals surface area contributed by atoms with Crippen molar-refractivity contribution in [2.75, 3.05) is 0 Å². The Morgan fingerprint density at radius 1 is 1.14 bits per heavy atom. The van der Waals surface area contributed by atoms with Crippen LogP contribution in [-0.2, 0) is 0 Å². The quantitative estimate of drug-likeness (QED) is 0.787. The molecular formula is C17H15ClN2O. The highest BCUT2D eigenvalue weighted by atomic mass is 35.5. The molecule has 0 amide bonds. The standard InChI is InChI=1S/C17H15ClN2O/c1-11-20-16(14-4-2-3-5-17(14)21-11)10-15(19-20)12-6-8-13(18)9-7-12/h2-9,11,16H,10H2,1H3. The van der Waals surface area contributed by atoms with Gasteiger partial charge in [-0.3, -0.25) is 5.01 Å². The van der Waals surface area contributed by atoms with Crippen molar-refractivity contribution in [1.82, 2.24) is 5.01 Å². The summed E-state index contributed by atoms with van der Waals surface area (Å²) in [6.45, 7) is 2.04. The molecule has 0 saturated carbocycles. The molecule has 0 spiro atoms. The second-order valence-corrected chi connectivity index (χ2v) is 5.84. The van der Waals surface area contributed by atoms with Crippen LogP contribution in [0.5, 0.6) is 5.75 Å². The van der Waals surface area contributed by atoms with Crippen LogP contribution < -0.4 is 4.74 Å². The largest absolute Gasteiger partial charge is 0.469 e. The lowest BCUT2D eigenvalue weighted by atomic mass is 9.97. The van der Waals surface area contributed by atoms with Gasteiger partial charge in [-0.05, 0) is 30.7 Å². The van der Waals surface area contributed by atoms with Crippen LogP contribution in [0.15, 0.2) is 53.6 Å². The summed E-state index contributed by atoms with van der Waals surface area (Å²) in [5.74, 6) is 0.971. The minimum atomic E-state index is -0.0466. The summed E-state index contributed by atoms with van der Waals surface area (Å²) in [7, 11) is 0. The van der Waals surface area contributed by atoms with Gasteiger partial charge in [-0.2, -0.15) is 5.10 Å². The minimum Gasteiger partial charge on any atom is -0.469 e. The molecule has 0 aliphatic carbocycles. The molecule has 4 rings (SSSR count). The number of ether oxygens (including phenoxy) is 1. The highest BCUT2D eigenvalue weighted by Gasteiger charge is 2.37. The second-order valence-electron chi connectivity index (χ2n) is 5.41. The van der Waals surface area contributed by atoms with Crippen LogP contribution in [0.1, 0.15) is 30.5 Å². The Kier molecular flexibility index (Phi) is 2.89. The van der Waals surface area contributed by atoms with Crippen LogP contribution in [0.3, 0.4) is 0 Å². The van der Waals surface area contributed by atoms with Gasteiger partial charge in [0.25, 0.3) is 0 Å². The fourth-order valence-electron chi connectivity index (χ4n) is 3.03. The number of benzene rings is 2. The first-order valence-corrected chi connectivity index (χ1v) is 7.47. The molecule has 0 radical (unpaired) electrons. The highest BCUT2D eigenvalue weighted by Crippen LogP contribution is 2.42. The van der Waals surface area contributed by atoms with Gasteiger partial charge in [0.2, 0.25) is 0 Å². The normalized spacial score (nSPS) is 23.1. The summed E-state index contributed by atoms with van der Waals surface area (Å²) in [5.41, 5.74) is 3.42. The molecule has 0 bridgehead atoms.